The van der Waals surface area contributed by atoms with E-state index in [9.17, 15) is 8.42 Å². The number of nitrogens with zero attached hydrogens (tertiary/aromatic N) is 1. The lowest BCUT2D eigenvalue weighted by Gasteiger charge is -2.11. The van der Waals surface area contributed by atoms with Crippen LogP contribution in [0.2, 0.25) is 5.02 Å². The lowest BCUT2D eigenvalue weighted by atomic mass is 10.2. The van der Waals surface area contributed by atoms with E-state index in [1.54, 1.807) is 38.3 Å². The monoisotopic (exact) mass is 396 g/mol. The van der Waals surface area contributed by atoms with Crippen molar-refractivity contribution in [2.24, 2.45) is 0 Å². The van der Waals surface area contributed by atoms with E-state index < -0.39 is 10.0 Å². The first-order chi connectivity index (χ1) is 11.8. The number of aromatic nitrogens is 1. The van der Waals surface area contributed by atoms with Gasteiger partial charge in [-0.1, -0.05) is 11.6 Å². The number of rotatable bonds is 5. The van der Waals surface area contributed by atoms with Gasteiger partial charge in [-0.3, -0.25) is 0 Å². The van der Waals surface area contributed by atoms with Crippen molar-refractivity contribution < 1.29 is 12.8 Å². The Hall–Kier alpha value is -1.67. The van der Waals surface area contributed by atoms with Gasteiger partial charge < -0.3 is 4.42 Å². The summed E-state index contributed by atoms with van der Waals surface area (Å²) in [6.07, 6.45) is 1.58. The minimum absolute atomic E-state index is 0.174. The Bertz CT molecular complexity index is 1010. The minimum atomic E-state index is -3.64. The molecule has 0 radical (unpaired) electrons. The first-order valence-electron chi connectivity index (χ1n) is 7.54. The molecule has 132 valence electrons. The molecule has 2 aromatic heterocycles. The summed E-state index contributed by atoms with van der Waals surface area (Å²) in [5.74, 6) is 0.673. The quantitative estimate of drug-likeness (QED) is 0.691. The highest BCUT2D eigenvalue weighted by Gasteiger charge is 2.20. The van der Waals surface area contributed by atoms with Crippen molar-refractivity contribution in [1.29, 1.82) is 0 Å². The van der Waals surface area contributed by atoms with Gasteiger partial charge in [-0.15, -0.1) is 11.3 Å². The Morgan fingerprint density at radius 2 is 2.00 bits per heavy atom. The zero-order valence-electron chi connectivity index (χ0n) is 14.0. The van der Waals surface area contributed by atoms with E-state index in [1.165, 1.54) is 11.3 Å². The van der Waals surface area contributed by atoms with Crippen LogP contribution in [0.1, 0.15) is 21.7 Å². The number of hydrogen-bond acceptors (Lipinski definition) is 5. The van der Waals surface area contributed by atoms with E-state index in [0.29, 0.717) is 16.3 Å². The molecule has 0 amide bonds. The summed E-state index contributed by atoms with van der Waals surface area (Å²) in [4.78, 5) is 5.53. The van der Waals surface area contributed by atoms with Gasteiger partial charge >= 0.3 is 0 Å². The normalized spacial score (nSPS) is 11.8. The Labute approximate surface area is 155 Å². The lowest BCUT2D eigenvalue weighted by molar-refractivity contribution is 0.580. The van der Waals surface area contributed by atoms with Gasteiger partial charge in [-0.2, -0.15) is 0 Å². The van der Waals surface area contributed by atoms with E-state index in [-0.39, 0.29) is 11.4 Å². The molecule has 0 saturated carbocycles. The minimum Gasteiger partial charge on any atom is -0.462 e. The third kappa shape index (κ3) is 3.79. The topological polar surface area (TPSA) is 72.2 Å². The van der Waals surface area contributed by atoms with Crippen molar-refractivity contribution in [2.45, 2.75) is 32.2 Å². The molecule has 0 fully saturated rings. The van der Waals surface area contributed by atoms with Crippen molar-refractivity contribution in [3.8, 4) is 10.8 Å². The van der Waals surface area contributed by atoms with Crippen LogP contribution in [0.15, 0.2) is 39.8 Å². The molecular formula is C17H17ClN2O3S2. The molecule has 0 aliphatic rings. The summed E-state index contributed by atoms with van der Waals surface area (Å²) in [6, 6.07) is 6.87. The zero-order chi connectivity index (χ0) is 18.2. The van der Waals surface area contributed by atoms with Crippen LogP contribution in [0.3, 0.4) is 0 Å². The fraction of sp³-hybridized carbons (Fsp3) is 0.235. The Morgan fingerprint density at radius 1 is 1.24 bits per heavy atom. The van der Waals surface area contributed by atoms with Gasteiger partial charge in [-0.05, 0) is 56.2 Å². The van der Waals surface area contributed by atoms with Crippen molar-refractivity contribution in [2.75, 3.05) is 0 Å². The second kappa shape index (κ2) is 6.92. The molecule has 1 aromatic carbocycles. The number of hydrogen-bond donors (Lipinski definition) is 1. The van der Waals surface area contributed by atoms with Gasteiger partial charge in [0.05, 0.1) is 16.9 Å². The molecule has 0 aliphatic carbocycles. The van der Waals surface area contributed by atoms with Crippen LogP contribution in [-0.2, 0) is 16.6 Å². The van der Waals surface area contributed by atoms with E-state index in [4.69, 9.17) is 16.0 Å². The van der Waals surface area contributed by atoms with Crippen molar-refractivity contribution in [1.82, 2.24) is 9.71 Å². The highest BCUT2D eigenvalue weighted by atomic mass is 35.5. The van der Waals surface area contributed by atoms with Crippen LogP contribution >= 0.6 is 22.9 Å². The zero-order valence-corrected chi connectivity index (χ0v) is 16.3. The summed E-state index contributed by atoms with van der Waals surface area (Å²) in [7, 11) is -3.64. The van der Waals surface area contributed by atoms with Crippen LogP contribution in [0, 0.1) is 20.8 Å². The first-order valence-corrected chi connectivity index (χ1v) is 10.2. The van der Waals surface area contributed by atoms with Crippen LogP contribution in [0.4, 0.5) is 0 Å². The maximum absolute atomic E-state index is 12.6. The number of aryl methyl sites for hydroxylation is 3. The third-order valence-electron chi connectivity index (χ3n) is 3.79. The molecule has 8 heteroatoms. The first kappa shape index (κ1) is 18.1. The largest absolute Gasteiger partial charge is 0.462 e. The molecule has 5 nitrogen and oxygen atoms in total. The molecule has 0 atom stereocenters. The number of thiazole rings is 1. The van der Waals surface area contributed by atoms with Gasteiger partial charge in [-0.25, -0.2) is 18.1 Å². The molecule has 0 saturated heterocycles. The lowest BCUT2D eigenvalue weighted by Crippen LogP contribution is -2.24. The maximum atomic E-state index is 12.6. The third-order valence-corrected chi connectivity index (χ3v) is 6.92. The Morgan fingerprint density at radius 3 is 2.68 bits per heavy atom. The Balaban J connectivity index is 1.83. The fourth-order valence-electron chi connectivity index (χ4n) is 2.38. The molecule has 0 bridgehead atoms. The summed E-state index contributed by atoms with van der Waals surface area (Å²) in [5, 5.41) is 1.29. The molecule has 1 N–H and O–H groups in total. The predicted molar refractivity (Wildman–Crippen MR) is 99.5 cm³/mol. The molecular weight excluding hydrogens is 380 g/mol. The molecule has 3 aromatic rings. The molecule has 25 heavy (non-hydrogen) atoms. The van der Waals surface area contributed by atoms with Crippen LogP contribution in [-0.4, -0.2) is 13.4 Å². The van der Waals surface area contributed by atoms with Crippen molar-refractivity contribution in [3.05, 3.63) is 57.2 Å². The highest BCUT2D eigenvalue weighted by Crippen LogP contribution is 2.29. The van der Waals surface area contributed by atoms with Crippen molar-refractivity contribution >= 4 is 33.0 Å². The average Bonchev–Trinajstić information content (AvgIpc) is 3.18. The van der Waals surface area contributed by atoms with Crippen molar-refractivity contribution in [3.63, 3.8) is 0 Å². The summed E-state index contributed by atoms with van der Waals surface area (Å²) in [6.45, 7) is 5.54. The number of halogens is 1. The SMILES string of the molecule is Cc1cc(S(=O)(=O)NCc2sc(-c3ccco3)nc2C)c(C)cc1Cl. The molecule has 0 aliphatic heterocycles. The number of nitrogens with one attached hydrogen (secondary N) is 1. The van der Waals surface area contributed by atoms with Gasteiger partial charge in [0.2, 0.25) is 10.0 Å². The summed E-state index contributed by atoms with van der Waals surface area (Å²) in [5.41, 5.74) is 2.12. The standard InChI is InChI=1S/C17H17ClN2O3S2/c1-10-8-16(11(2)7-13(10)18)25(21,22)19-9-15-12(3)20-17(24-15)14-5-4-6-23-14/h4-8,19H,9H2,1-3H3. The highest BCUT2D eigenvalue weighted by molar-refractivity contribution is 7.89. The van der Waals surface area contributed by atoms with E-state index in [2.05, 4.69) is 9.71 Å². The van der Waals surface area contributed by atoms with E-state index >= 15 is 0 Å². The second-order valence-corrected chi connectivity index (χ2v) is 8.92. The molecule has 3 rings (SSSR count). The second-order valence-electron chi connectivity index (χ2n) is 5.70. The predicted octanol–water partition coefficient (Wildman–Crippen LogP) is 4.46. The summed E-state index contributed by atoms with van der Waals surface area (Å²) < 4.78 is 33.3. The van der Waals surface area contributed by atoms with E-state index in [1.807, 2.05) is 13.0 Å². The van der Waals surface area contributed by atoms with Gasteiger partial charge in [0.1, 0.15) is 0 Å². The van der Waals surface area contributed by atoms with Crippen LogP contribution in [0.5, 0.6) is 0 Å². The number of benzene rings is 1. The van der Waals surface area contributed by atoms with Gasteiger partial charge in [0, 0.05) is 16.4 Å². The molecule has 0 spiro atoms. The number of furan rings is 1. The Kier molecular flexibility index (Phi) is 5.02. The van der Waals surface area contributed by atoms with E-state index in [0.717, 1.165) is 21.1 Å². The smallest absolute Gasteiger partial charge is 0.241 e. The summed E-state index contributed by atoms with van der Waals surface area (Å²) >= 11 is 7.46. The van der Waals surface area contributed by atoms with Gasteiger partial charge in [0.25, 0.3) is 0 Å². The maximum Gasteiger partial charge on any atom is 0.241 e. The van der Waals surface area contributed by atoms with Crippen LogP contribution in [0.25, 0.3) is 10.8 Å². The molecule has 2 heterocycles. The average molecular weight is 397 g/mol. The van der Waals surface area contributed by atoms with Gasteiger partial charge in [0.15, 0.2) is 10.8 Å². The van der Waals surface area contributed by atoms with Crippen LogP contribution < -0.4 is 4.72 Å². The fourth-order valence-corrected chi connectivity index (χ4v) is 4.96. The molecule has 0 unspecified atom stereocenters. The number of sulfonamides is 1.